The van der Waals surface area contributed by atoms with Gasteiger partial charge in [-0.05, 0) is 99.7 Å². The highest BCUT2D eigenvalue weighted by Gasteiger charge is 2.85. The Bertz CT molecular complexity index is 1790. The average Bonchev–Trinajstić information content (AvgIpc) is 3.57. The quantitative estimate of drug-likeness (QED) is 0.204. The van der Waals surface area contributed by atoms with Crippen LogP contribution in [0.15, 0.2) is 12.7 Å². The lowest BCUT2D eigenvalue weighted by molar-refractivity contribution is -0.147. The molecule has 7 atom stereocenters. The molecule has 13 heteroatoms. The molecule has 4 saturated carbocycles. The third kappa shape index (κ3) is 7.12. The summed E-state index contributed by atoms with van der Waals surface area (Å²) in [7, 11) is -4.06. The Labute approximate surface area is 347 Å². The normalized spacial score (nSPS) is 33.0. The van der Waals surface area contributed by atoms with Gasteiger partial charge < -0.3 is 10.2 Å². The van der Waals surface area contributed by atoms with E-state index in [1.165, 1.54) is 4.31 Å². The van der Waals surface area contributed by atoms with Crippen molar-refractivity contribution in [2.24, 2.45) is 44.8 Å². The Kier molecular flexibility index (Phi) is 11.5. The first-order valence-corrected chi connectivity index (χ1v) is 24.0. The standard InChI is InChI=1S/C45H71N5O7S/c1-9-31-25-43(31,40(55)47-58(56,57)48-21-13-14-22-48)27-36(52)34-26-45(42(7,8)44(45)19-15-20-44)28-50(34)39(54)32(41(4,5)6)24-35(51)37(30-16-11-10-12-17-30)46-38(53)33-18-23-49(33)29(2)3/h9,29-34,37H,1,10-28H2,2-8H3,(H,46,53)(H,47,55)/t31-,32-,33+,34+,37+,43-,45-/m1/s1. The summed E-state index contributed by atoms with van der Waals surface area (Å²) in [6, 6.07) is -1.51. The minimum atomic E-state index is -4.06. The van der Waals surface area contributed by atoms with Crippen LogP contribution in [-0.2, 0) is 34.2 Å². The lowest BCUT2D eigenvalue weighted by atomic mass is 9.73. The third-order valence-corrected chi connectivity index (χ3v) is 18.5. The van der Waals surface area contributed by atoms with Gasteiger partial charge in [0, 0.05) is 56.4 Å². The molecule has 3 amide bonds. The van der Waals surface area contributed by atoms with Crippen LogP contribution >= 0.6 is 0 Å². The number of fused-ring (bicyclic) bond motifs is 1. The first-order valence-electron chi connectivity index (χ1n) is 22.5. The van der Waals surface area contributed by atoms with Crippen LogP contribution in [0.3, 0.4) is 0 Å². The third-order valence-electron chi connectivity index (χ3n) is 17.0. The summed E-state index contributed by atoms with van der Waals surface area (Å²) >= 11 is 0. The van der Waals surface area contributed by atoms with Crippen molar-refractivity contribution in [3.05, 3.63) is 12.7 Å². The summed E-state index contributed by atoms with van der Waals surface area (Å²) in [5.74, 6) is -2.47. The number of hydrogen-bond acceptors (Lipinski definition) is 8. The maximum atomic E-state index is 15.3. The molecule has 0 aromatic carbocycles. The van der Waals surface area contributed by atoms with Crippen LogP contribution in [0.5, 0.6) is 0 Å². The molecule has 12 nitrogen and oxygen atoms in total. The average molecular weight is 826 g/mol. The van der Waals surface area contributed by atoms with Gasteiger partial charge in [-0.3, -0.25) is 28.9 Å². The highest BCUT2D eigenvalue weighted by molar-refractivity contribution is 7.87. The van der Waals surface area contributed by atoms with E-state index in [9.17, 15) is 27.6 Å². The van der Waals surface area contributed by atoms with Crippen molar-refractivity contribution >= 4 is 39.5 Å². The van der Waals surface area contributed by atoms with Gasteiger partial charge in [-0.2, -0.15) is 12.7 Å². The predicted octanol–water partition coefficient (Wildman–Crippen LogP) is 5.56. The topological polar surface area (TPSA) is 153 Å². The number of ketones is 2. The number of amides is 3. The van der Waals surface area contributed by atoms with E-state index >= 15 is 4.79 Å². The molecule has 4 aliphatic carbocycles. The second-order valence-electron chi connectivity index (χ2n) is 21.3. The SMILES string of the molecule is C=C[C@@H]1C[C@]1(CC(=O)[C@@H]1C[C@@]2(CN1C(=O)[C@@H](CC(=O)[C@@H](NC(=O)[C@@H]1CCN1C(C)C)C1CCCCC1)C(C)(C)C)C(C)(C)C21CCC1)C(=O)NS(=O)(=O)N1CCCC1. The number of hydrogen-bond donors (Lipinski definition) is 2. The summed E-state index contributed by atoms with van der Waals surface area (Å²) in [6.07, 6.45) is 12.4. The molecule has 7 fully saturated rings. The number of Topliss-reactive ketones (excluding diaryl/α,β-unsaturated/α-hetero) is 2. The molecule has 0 aromatic heterocycles. The van der Waals surface area contributed by atoms with E-state index in [0.29, 0.717) is 32.5 Å². The van der Waals surface area contributed by atoms with Gasteiger partial charge in [-0.15, -0.1) is 6.58 Å². The van der Waals surface area contributed by atoms with Crippen LogP contribution in [0.25, 0.3) is 0 Å². The molecule has 0 bridgehead atoms. The van der Waals surface area contributed by atoms with E-state index in [2.05, 4.69) is 49.2 Å². The van der Waals surface area contributed by atoms with Crippen molar-refractivity contribution in [1.29, 1.82) is 0 Å². The van der Waals surface area contributed by atoms with Crippen molar-refractivity contribution in [3.63, 3.8) is 0 Å². The zero-order valence-corrected chi connectivity index (χ0v) is 37.2. The summed E-state index contributed by atoms with van der Waals surface area (Å²) in [6.45, 7) is 20.5. The molecule has 3 saturated heterocycles. The molecule has 324 valence electrons. The van der Waals surface area contributed by atoms with Gasteiger partial charge in [0.05, 0.1) is 23.5 Å². The minimum absolute atomic E-state index is 0.0107. The Morgan fingerprint density at radius 3 is 2.02 bits per heavy atom. The Balaban J connectivity index is 1.15. The fourth-order valence-corrected chi connectivity index (χ4v) is 14.0. The van der Waals surface area contributed by atoms with E-state index in [-0.39, 0.29) is 76.4 Å². The van der Waals surface area contributed by atoms with Crippen LogP contribution < -0.4 is 10.0 Å². The summed E-state index contributed by atoms with van der Waals surface area (Å²) in [4.78, 5) is 76.4. The summed E-state index contributed by atoms with van der Waals surface area (Å²) < 4.78 is 30.0. The largest absolute Gasteiger partial charge is 0.345 e. The van der Waals surface area contributed by atoms with Crippen LogP contribution in [0.1, 0.15) is 145 Å². The molecule has 58 heavy (non-hydrogen) atoms. The van der Waals surface area contributed by atoms with E-state index in [4.69, 9.17) is 0 Å². The van der Waals surface area contributed by atoms with Crippen LogP contribution in [0.4, 0.5) is 0 Å². The van der Waals surface area contributed by atoms with E-state index in [1.807, 2.05) is 20.8 Å². The van der Waals surface area contributed by atoms with Gasteiger partial charge in [0.2, 0.25) is 17.7 Å². The van der Waals surface area contributed by atoms with Gasteiger partial charge in [-0.1, -0.05) is 66.4 Å². The number of nitrogens with one attached hydrogen (secondary N) is 2. The lowest BCUT2D eigenvalue weighted by Crippen LogP contribution is -2.61. The molecule has 7 aliphatic rings. The van der Waals surface area contributed by atoms with Gasteiger partial charge in [0.1, 0.15) is 0 Å². The maximum absolute atomic E-state index is 15.3. The zero-order chi connectivity index (χ0) is 42.2. The van der Waals surface area contributed by atoms with Crippen molar-refractivity contribution in [3.8, 4) is 0 Å². The number of carbonyl (C=O) groups is 5. The molecular weight excluding hydrogens is 755 g/mol. The number of likely N-dealkylation sites (tertiary alicyclic amines) is 2. The first-order chi connectivity index (χ1) is 27.2. The first kappa shape index (κ1) is 43.4. The highest BCUT2D eigenvalue weighted by atomic mass is 32.2. The summed E-state index contributed by atoms with van der Waals surface area (Å²) in [5.41, 5.74) is -2.21. The van der Waals surface area contributed by atoms with Crippen molar-refractivity contribution in [2.75, 3.05) is 26.2 Å². The van der Waals surface area contributed by atoms with Crippen molar-refractivity contribution in [2.45, 2.75) is 169 Å². The van der Waals surface area contributed by atoms with E-state index in [1.54, 1.807) is 11.0 Å². The number of carbonyl (C=O) groups excluding carboxylic acids is 5. The molecule has 3 heterocycles. The molecule has 2 N–H and O–H groups in total. The molecule has 0 aromatic rings. The Morgan fingerprint density at radius 1 is 0.862 bits per heavy atom. The lowest BCUT2D eigenvalue weighted by Gasteiger charge is -2.43. The smallest absolute Gasteiger partial charge is 0.303 e. The van der Waals surface area contributed by atoms with Gasteiger partial charge in [0.15, 0.2) is 11.6 Å². The zero-order valence-electron chi connectivity index (χ0n) is 36.4. The Hall–Kier alpha value is -2.64. The van der Waals surface area contributed by atoms with E-state index < -0.39 is 44.9 Å². The molecule has 3 aliphatic heterocycles. The van der Waals surface area contributed by atoms with Gasteiger partial charge >= 0.3 is 10.2 Å². The van der Waals surface area contributed by atoms with Crippen LogP contribution in [0, 0.1) is 44.8 Å². The van der Waals surface area contributed by atoms with E-state index in [0.717, 1.165) is 77.2 Å². The predicted molar refractivity (Wildman–Crippen MR) is 222 cm³/mol. The van der Waals surface area contributed by atoms with Crippen molar-refractivity contribution in [1.82, 2.24) is 24.1 Å². The number of nitrogens with zero attached hydrogens (tertiary/aromatic N) is 3. The Morgan fingerprint density at radius 2 is 1.52 bits per heavy atom. The van der Waals surface area contributed by atoms with Gasteiger partial charge in [-0.25, -0.2) is 4.72 Å². The van der Waals surface area contributed by atoms with Crippen LogP contribution in [-0.4, -0.2) is 102 Å². The molecule has 0 radical (unpaired) electrons. The fraction of sp³-hybridized carbons (Fsp3) is 0.844. The second-order valence-corrected chi connectivity index (χ2v) is 23.0. The monoisotopic (exact) mass is 826 g/mol. The fourth-order valence-electron chi connectivity index (χ4n) is 12.7. The maximum Gasteiger partial charge on any atom is 0.303 e. The van der Waals surface area contributed by atoms with Gasteiger partial charge in [0.25, 0.3) is 0 Å². The molecular formula is C45H71N5O7S. The minimum Gasteiger partial charge on any atom is -0.345 e. The van der Waals surface area contributed by atoms with Crippen LogP contribution in [0.2, 0.25) is 0 Å². The second kappa shape index (κ2) is 15.4. The number of rotatable bonds is 15. The molecule has 7 rings (SSSR count). The molecule has 0 unspecified atom stereocenters. The number of allylic oxidation sites excluding steroid dienone is 1. The molecule has 2 spiro atoms. The van der Waals surface area contributed by atoms with Crippen molar-refractivity contribution < 1.29 is 32.4 Å². The summed E-state index contributed by atoms with van der Waals surface area (Å²) in [5, 5.41) is 3.21. The highest BCUT2D eigenvalue weighted by Crippen LogP contribution is 2.88.